The Morgan fingerprint density at radius 1 is 1.64 bits per heavy atom. The Labute approximate surface area is 80.8 Å². The summed E-state index contributed by atoms with van der Waals surface area (Å²) in [6.07, 6.45) is 1.67. The number of nitrogens with zero attached hydrogens (tertiary/aromatic N) is 2. The van der Waals surface area contributed by atoms with Crippen LogP contribution in [0.4, 0.5) is 0 Å². The molecule has 4 nitrogen and oxygen atoms in total. The highest BCUT2D eigenvalue weighted by Gasteiger charge is 2.08. The monoisotopic (exact) mass is 190 g/mol. The quantitative estimate of drug-likeness (QED) is 0.779. The maximum atomic E-state index is 10.6. The van der Waals surface area contributed by atoms with Gasteiger partial charge in [0.1, 0.15) is 12.2 Å². The number of carboxylic acid groups (broad SMARTS) is 1. The van der Waals surface area contributed by atoms with Crippen LogP contribution in [0, 0.1) is 6.92 Å². The Morgan fingerprint density at radius 3 is 3.14 bits per heavy atom. The summed E-state index contributed by atoms with van der Waals surface area (Å²) in [7, 11) is 0. The van der Waals surface area contributed by atoms with Gasteiger partial charge in [-0.3, -0.25) is 4.79 Å². The molecule has 0 atom stereocenters. The standard InChI is InChI=1S/C10H10N2O2/c1-7-5-8-3-2-4-11-10(8)12(7)6-9(13)14/h2-5H,6H2,1H3,(H,13,14). The van der Waals surface area contributed by atoms with Crippen molar-refractivity contribution in [2.45, 2.75) is 13.5 Å². The van der Waals surface area contributed by atoms with Crippen LogP contribution in [0.15, 0.2) is 24.4 Å². The van der Waals surface area contributed by atoms with Gasteiger partial charge in [0.05, 0.1) is 0 Å². The van der Waals surface area contributed by atoms with E-state index in [1.165, 1.54) is 0 Å². The van der Waals surface area contributed by atoms with E-state index in [0.717, 1.165) is 16.7 Å². The lowest BCUT2D eigenvalue weighted by molar-refractivity contribution is -0.137. The molecule has 72 valence electrons. The first-order valence-corrected chi connectivity index (χ1v) is 4.31. The van der Waals surface area contributed by atoms with E-state index < -0.39 is 5.97 Å². The molecule has 0 amide bonds. The molecule has 0 aliphatic heterocycles. The van der Waals surface area contributed by atoms with E-state index in [2.05, 4.69) is 4.98 Å². The summed E-state index contributed by atoms with van der Waals surface area (Å²) in [5.74, 6) is -0.851. The second-order valence-corrected chi connectivity index (χ2v) is 3.18. The second kappa shape index (κ2) is 3.14. The first-order chi connectivity index (χ1) is 6.68. The number of aromatic nitrogens is 2. The second-order valence-electron chi connectivity index (χ2n) is 3.18. The summed E-state index contributed by atoms with van der Waals surface area (Å²) in [6, 6.07) is 5.70. The van der Waals surface area contributed by atoms with E-state index in [1.54, 1.807) is 10.8 Å². The van der Waals surface area contributed by atoms with E-state index in [4.69, 9.17) is 5.11 Å². The number of hydrogen-bond donors (Lipinski definition) is 1. The van der Waals surface area contributed by atoms with Crippen molar-refractivity contribution in [2.75, 3.05) is 0 Å². The predicted molar refractivity (Wildman–Crippen MR) is 52.1 cm³/mol. The lowest BCUT2D eigenvalue weighted by Crippen LogP contribution is -2.10. The summed E-state index contributed by atoms with van der Waals surface area (Å²) in [4.78, 5) is 14.8. The highest BCUT2D eigenvalue weighted by atomic mass is 16.4. The van der Waals surface area contributed by atoms with Crippen LogP contribution in [0.1, 0.15) is 5.69 Å². The van der Waals surface area contributed by atoms with Gasteiger partial charge in [-0.25, -0.2) is 4.98 Å². The summed E-state index contributed by atoms with van der Waals surface area (Å²) in [6.45, 7) is 1.84. The summed E-state index contributed by atoms with van der Waals surface area (Å²) in [5, 5.41) is 9.70. The van der Waals surface area contributed by atoms with Crippen LogP contribution in [-0.4, -0.2) is 20.6 Å². The molecule has 0 fully saturated rings. The number of pyridine rings is 1. The van der Waals surface area contributed by atoms with E-state index in [0.29, 0.717) is 0 Å². The van der Waals surface area contributed by atoms with Crippen molar-refractivity contribution >= 4 is 17.0 Å². The van der Waals surface area contributed by atoms with E-state index in [9.17, 15) is 4.79 Å². The third kappa shape index (κ3) is 1.35. The van der Waals surface area contributed by atoms with Gasteiger partial charge in [0.15, 0.2) is 0 Å². The third-order valence-corrected chi connectivity index (χ3v) is 2.16. The van der Waals surface area contributed by atoms with Crippen molar-refractivity contribution in [3.8, 4) is 0 Å². The van der Waals surface area contributed by atoms with Gasteiger partial charge >= 0.3 is 5.97 Å². The van der Waals surface area contributed by atoms with Gasteiger partial charge in [-0.2, -0.15) is 0 Å². The molecular formula is C10H10N2O2. The first-order valence-electron chi connectivity index (χ1n) is 4.31. The molecule has 4 heteroatoms. The van der Waals surface area contributed by atoms with Crippen LogP contribution in [-0.2, 0) is 11.3 Å². The number of hydrogen-bond acceptors (Lipinski definition) is 2. The number of fused-ring (bicyclic) bond motifs is 1. The minimum absolute atomic E-state index is 0.0354. The van der Waals surface area contributed by atoms with Crippen molar-refractivity contribution in [2.24, 2.45) is 0 Å². The Morgan fingerprint density at radius 2 is 2.43 bits per heavy atom. The van der Waals surface area contributed by atoms with Gasteiger partial charge in [-0.15, -0.1) is 0 Å². The number of aryl methyl sites for hydroxylation is 1. The fourth-order valence-corrected chi connectivity index (χ4v) is 1.55. The first kappa shape index (κ1) is 8.74. The molecular weight excluding hydrogens is 180 g/mol. The zero-order valence-corrected chi connectivity index (χ0v) is 7.77. The normalized spacial score (nSPS) is 10.6. The average Bonchev–Trinajstić information content (AvgIpc) is 2.43. The molecule has 0 aromatic carbocycles. The van der Waals surface area contributed by atoms with Crippen molar-refractivity contribution in [3.63, 3.8) is 0 Å². The molecule has 0 saturated heterocycles. The molecule has 2 heterocycles. The van der Waals surface area contributed by atoms with E-state index >= 15 is 0 Å². The smallest absolute Gasteiger partial charge is 0.323 e. The van der Waals surface area contributed by atoms with Crippen molar-refractivity contribution in [3.05, 3.63) is 30.1 Å². The van der Waals surface area contributed by atoms with Crippen molar-refractivity contribution < 1.29 is 9.90 Å². The van der Waals surface area contributed by atoms with Crippen LogP contribution in [0.3, 0.4) is 0 Å². The molecule has 0 spiro atoms. The fourth-order valence-electron chi connectivity index (χ4n) is 1.55. The largest absolute Gasteiger partial charge is 0.480 e. The van der Waals surface area contributed by atoms with Gasteiger partial charge in [0, 0.05) is 17.3 Å². The molecule has 0 saturated carbocycles. The lowest BCUT2D eigenvalue weighted by Gasteiger charge is -2.02. The molecule has 0 unspecified atom stereocenters. The van der Waals surface area contributed by atoms with Crippen molar-refractivity contribution in [1.82, 2.24) is 9.55 Å². The molecule has 0 bridgehead atoms. The lowest BCUT2D eigenvalue weighted by atomic mass is 10.3. The van der Waals surface area contributed by atoms with Gasteiger partial charge in [0.25, 0.3) is 0 Å². The van der Waals surface area contributed by atoms with Crippen LogP contribution in [0.5, 0.6) is 0 Å². The van der Waals surface area contributed by atoms with Crippen LogP contribution in [0.25, 0.3) is 11.0 Å². The van der Waals surface area contributed by atoms with Gasteiger partial charge < -0.3 is 9.67 Å². The minimum atomic E-state index is -0.851. The number of carboxylic acids is 1. The zero-order chi connectivity index (χ0) is 10.1. The molecule has 0 radical (unpaired) electrons. The summed E-state index contributed by atoms with van der Waals surface area (Å²) in [5.41, 5.74) is 1.65. The Bertz CT molecular complexity index is 488. The number of rotatable bonds is 2. The van der Waals surface area contributed by atoms with Crippen LogP contribution in [0.2, 0.25) is 0 Å². The van der Waals surface area contributed by atoms with E-state index in [-0.39, 0.29) is 6.54 Å². The molecule has 2 aromatic rings. The predicted octanol–water partition coefficient (Wildman–Crippen LogP) is 1.43. The third-order valence-electron chi connectivity index (χ3n) is 2.16. The number of carbonyl (C=O) groups is 1. The zero-order valence-electron chi connectivity index (χ0n) is 7.77. The maximum absolute atomic E-state index is 10.6. The van der Waals surface area contributed by atoms with Gasteiger partial charge in [0.2, 0.25) is 0 Å². The summed E-state index contributed by atoms with van der Waals surface area (Å²) >= 11 is 0. The van der Waals surface area contributed by atoms with Gasteiger partial charge in [-0.1, -0.05) is 0 Å². The fraction of sp³-hybridized carbons (Fsp3) is 0.200. The molecule has 0 aliphatic rings. The minimum Gasteiger partial charge on any atom is -0.480 e. The Hall–Kier alpha value is -1.84. The molecule has 2 rings (SSSR count). The van der Waals surface area contributed by atoms with Crippen LogP contribution >= 0.6 is 0 Å². The molecule has 0 aliphatic carbocycles. The maximum Gasteiger partial charge on any atom is 0.323 e. The topological polar surface area (TPSA) is 55.1 Å². The average molecular weight is 190 g/mol. The molecule has 14 heavy (non-hydrogen) atoms. The summed E-state index contributed by atoms with van der Waals surface area (Å²) < 4.78 is 1.69. The van der Waals surface area contributed by atoms with Crippen LogP contribution < -0.4 is 0 Å². The Balaban J connectivity index is 2.62. The molecule has 1 N–H and O–H groups in total. The SMILES string of the molecule is Cc1cc2cccnc2n1CC(=O)O. The Kier molecular flexibility index (Phi) is 1.96. The number of aliphatic carboxylic acids is 1. The van der Waals surface area contributed by atoms with E-state index in [1.807, 2.05) is 25.1 Å². The highest BCUT2D eigenvalue weighted by molar-refractivity contribution is 5.79. The van der Waals surface area contributed by atoms with Gasteiger partial charge in [-0.05, 0) is 25.1 Å². The molecule has 2 aromatic heterocycles. The van der Waals surface area contributed by atoms with Crippen molar-refractivity contribution in [1.29, 1.82) is 0 Å². The highest BCUT2D eigenvalue weighted by Crippen LogP contribution is 2.16.